The fourth-order valence-electron chi connectivity index (χ4n) is 2.08. The summed E-state index contributed by atoms with van der Waals surface area (Å²) in [6, 6.07) is 8.07. The van der Waals surface area contributed by atoms with Gasteiger partial charge in [-0.2, -0.15) is 0 Å². The Morgan fingerprint density at radius 2 is 2.07 bits per heavy atom. The van der Waals surface area contributed by atoms with Crippen LogP contribution in [0.4, 0.5) is 0 Å². The van der Waals surface area contributed by atoms with Gasteiger partial charge in [0.2, 0.25) is 0 Å². The summed E-state index contributed by atoms with van der Waals surface area (Å²) in [5, 5.41) is 10.1. The molecule has 0 amide bonds. The van der Waals surface area contributed by atoms with E-state index >= 15 is 0 Å². The number of aliphatic hydroxyl groups excluding tert-OH is 1. The molecule has 0 unspecified atom stereocenters. The van der Waals surface area contributed by atoms with Gasteiger partial charge in [0, 0.05) is 5.92 Å². The third-order valence-electron chi connectivity index (χ3n) is 2.87. The van der Waals surface area contributed by atoms with E-state index in [1.54, 1.807) is 0 Å². The molecule has 0 fully saturated rings. The molecule has 1 N–H and O–H groups in total. The van der Waals surface area contributed by atoms with Crippen molar-refractivity contribution < 1.29 is 5.11 Å². The molecular formula is C13H16O. The molecule has 1 aromatic carbocycles. The van der Waals surface area contributed by atoms with Crippen molar-refractivity contribution >= 4 is 6.08 Å². The average molecular weight is 188 g/mol. The molecule has 0 aliphatic heterocycles. The van der Waals surface area contributed by atoms with Crippen molar-refractivity contribution in [2.24, 2.45) is 5.92 Å². The van der Waals surface area contributed by atoms with Gasteiger partial charge in [0.15, 0.2) is 0 Å². The lowest BCUT2D eigenvalue weighted by atomic mass is 9.84. The lowest BCUT2D eigenvalue weighted by Crippen LogP contribution is -2.14. The maximum atomic E-state index is 10.1. The summed E-state index contributed by atoms with van der Waals surface area (Å²) in [4.78, 5) is 0. The summed E-state index contributed by atoms with van der Waals surface area (Å²) in [5.41, 5.74) is 2.24. The summed E-state index contributed by atoms with van der Waals surface area (Å²) >= 11 is 0. The first-order valence-electron chi connectivity index (χ1n) is 5.28. The van der Waals surface area contributed by atoms with Crippen LogP contribution in [-0.2, 0) is 0 Å². The minimum absolute atomic E-state index is 0.301. The molecule has 1 heteroatoms. The van der Waals surface area contributed by atoms with Gasteiger partial charge >= 0.3 is 0 Å². The highest BCUT2D eigenvalue weighted by Crippen LogP contribution is 2.34. The van der Waals surface area contributed by atoms with Crippen LogP contribution in [0.25, 0.3) is 6.08 Å². The van der Waals surface area contributed by atoms with E-state index in [2.05, 4.69) is 25.1 Å². The molecule has 0 radical (unpaired) electrons. The number of benzene rings is 1. The maximum absolute atomic E-state index is 10.1. The first kappa shape index (κ1) is 9.47. The molecular weight excluding hydrogens is 172 g/mol. The minimum atomic E-state index is -0.309. The third kappa shape index (κ3) is 1.60. The van der Waals surface area contributed by atoms with Crippen LogP contribution < -0.4 is 0 Å². The highest BCUT2D eigenvalue weighted by Gasteiger charge is 2.22. The molecule has 0 bridgehead atoms. The van der Waals surface area contributed by atoms with Gasteiger partial charge in [-0.1, -0.05) is 49.8 Å². The van der Waals surface area contributed by atoms with E-state index in [0.29, 0.717) is 5.92 Å². The molecule has 1 aliphatic rings. The van der Waals surface area contributed by atoms with E-state index in [1.165, 1.54) is 0 Å². The Balaban J connectivity index is 2.30. The number of fused-ring (bicyclic) bond motifs is 1. The normalized spacial score (nSPS) is 24.7. The van der Waals surface area contributed by atoms with Crippen LogP contribution >= 0.6 is 0 Å². The van der Waals surface area contributed by atoms with Gasteiger partial charge in [-0.3, -0.25) is 0 Å². The second kappa shape index (κ2) is 3.97. The second-order valence-corrected chi connectivity index (χ2v) is 3.89. The SMILES string of the molecule is CCC[C@@H]1C=Cc2ccccc2[C@@H]1O. The zero-order valence-electron chi connectivity index (χ0n) is 8.48. The molecule has 1 aromatic rings. The smallest absolute Gasteiger partial charge is 0.0858 e. The largest absolute Gasteiger partial charge is 0.388 e. The number of hydrogen-bond donors (Lipinski definition) is 1. The Morgan fingerprint density at radius 1 is 1.29 bits per heavy atom. The summed E-state index contributed by atoms with van der Waals surface area (Å²) < 4.78 is 0. The molecule has 0 saturated heterocycles. The van der Waals surface area contributed by atoms with Crippen LogP contribution in [0.3, 0.4) is 0 Å². The van der Waals surface area contributed by atoms with E-state index in [-0.39, 0.29) is 6.10 Å². The van der Waals surface area contributed by atoms with Crippen LogP contribution in [-0.4, -0.2) is 5.11 Å². The van der Waals surface area contributed by atoms with Crippen LogP contribution in [0.2, 0.25) is 0 Å². The van der Waals surface area contributed by atoms with Gasteiger partial charge in [-0.25, -0.2) is 0 Å². The van der Waals surface area contributed by atoms with Gasteiger partial charge in [0.25, 0.3) is 0 Å². The first-order chi connectivity index (χ1) is 6.83. The minimum Gasteiger partial charge on any atom is -0.388 e. The zero-order valence-corrected chi connectivity index (χ0v) is 8.48. The standard InChI is InChI=1S/C13H16O/c1-2-5-11-9-8-10-6-3-4-7-12(10)13(11)14/h3-4,6-9,11,13-14H,2,5H2,1H3/t11-,13-/m1/s1. The van der Waals surface area contributed by atoms with Crippen molar-refractivity contribution in [3.8, 4) is 0 Å². The predicted molar refractivity (Wildman–Crippen MR) is 58.8 cm³/mol. The maximum Gasteiger partial charge on any atom is 0.0858 e. The lowest BCUT2D eigenvalue weighted by Gasteiger charge is -2.25. The van der Waals surface area contributed by atoms with Crippen LogP contribution in [0.5, 0.6) is 0 Å². The third-order valence-corrected chi connectivity index (χ3v) is 2.87. The number of rotatable bonds is 2. The zero-order chi connectivity index (χ0) is 9.97. The average Bonchev–Trinajstić information content (AvgIpc) is 2.23. The summed E-state index contributed by atoms with van der Waals surface area (Å²) in [7, 11) is 0. The Morgan fingerprint density at radius 3 is 2.86 bits per heavy atom. The Labute approximate surface area is 85.1 Å². The van der Waals surface area contributed by atoms with Crippen molar-refractivity contribution in [2.45, 2.75) is 25.9 Å². The second-order valence-electron chi connectivity index (χ2n) is 3.89. The monoisotopic (exact) mass is 188 g/mol. The van der Waals surface area contributed by atoms with Gasteiger partial charge < -0.3 is 5.11 Å². The molecule has 14 heavy (non-hydrogen) atoms. The molecule has 2 atom stereocenters. The summed E-state index contributed by atoms with van der Waals surface area (Å²) in [6.45, 7) is 2.15. The Bertz CT molecular complexity index is 341. The fraction of sp³-hybridized carbons (Fsp3) is 0.385. The van der Waals surface area contributed by atoms with Crippen molar-refractivity contribution in [3.05, 3.63) is 41.5 Å². The molecule has 0 heterocycles. The van der Waals surface area contributed by atoms with Crippen molar-refractivity contribution in [1.82, 2.24) is 0 Å². The number of hydrogen-bond acceptors (Lipinski definition) is 1. The van der Waals surface area contributed by atoms with E-state index in [0.717, 1.165) is 24.0 Å². The number of aliphatic hydroxyl groups is 1. The molecule has 2 rings (SSSR count). The summed E-state index contributed by atoms with van der Waals surface area (Å²) in [6.07, 6.45) is 6.13. The van der Waals surface area contributed by atoms with Crippen molar-refractivity contribution in [1.29, 1.82) is 0 Å². The van der Waals surface area contributed by atoms with Gasteiger partial charge in [-0.15, -0.1) is 0 Å². The van der Waals surface area contributed by atoms with Crippen molar-refractivity contribution in [3.63, 3.8) is 0 Å². The Hall–Kier alpha value is -1.08. The van der Waals surface area contributed by atoms with Crippen LogP contribution in [0, 0.1) is 5.92 Å². The van der Waals surface area contributed by atoms with Crippen molar-refractivity contribution in [2.75, 3.05) is 0 Å². The topological polar surface area (TPSA) is 20.2 Å². The Kier molecular flexibility index (Phi) is 2.69. The fourth-order valence-corrected chi connectivity index (χ4v) is 2.08. The van der Waals surface area contributed by atoms with E-state index < -0.39 is 0 Å². The van der Waals surface area contributed by atoms with E-state index in [1.807, 2.05) is 18.2 Å². The highest BCUT2D eigenvalue weighted by molar-refractivity contribution is 5.57. The lowest BCUT2D eigenvalue weighted by molar-refractivity contribution is 0.125. The molecule has 1 nitrogen and oxygen atoms in total. The highest BCUT2D eigenvalue weighted by atomic mass is 16.3. The van der Waals surface area contributed by atoms with Crippen LogP contribution in [0.15, 0.2) is 30.3 Å². The van der Waals surface area contributed by atoms with Gasteiger partial charge in [0.05, 0.1) is 6.10 Å². The van der Waals surface area contributed by atoms with Gasteiger partial charge in [0.1, 0.15) is 0 Å². The molecule has 0 aromatic heterocycles. The molecule has 0 saturated carbocycles. The molecule has 1 aliphatic carbocycles. The first-order valence-corrected chi connectivity index (χ1v) is 5.28. The van der Waals surface area contributed by atoms with E-state index in [9.17, 15) is 5.11 Å². The molecule has 0 spiro atoms. The van der Waals surface area contributed by atoms with Crippen LogP contribution in [0.1, 0.15) is 37.0 Å². The van der Waals surface area contributed by atoms with Gasteiger partial charge in [-0.05, 0) is 17.5 Å². The summed E-state index contributed by atoms with van der Waals surface area (Å²) in [5.74, 6) is 0.301. The van der Waals surface area contributed by atoms with E-state index in [4.69, 9.17) is 0 Å². The quantitative estimate of drug-likeness (QED) is 0.755. The molecule has 74 valence electrons. The predicted octanol–water partition coefficient (Wildman–Crippen LogP) is 3.16.